The number of carbonyl (C=O) groups excluding carboxylic acids is 1. The van der Waals surface area contributed by atoms with Crippen molar-refractivity contribution in [2.24, 2.45) is 0 Å². The minimum Gasteiger partial charge on any atom is -0.484 e. The van der Waals surface area contributed by atoms with Crippen molar-refractivity contribution in [2.75, 3.05) is 13.2 Å². The zero-order chi connectivity index (χ0) is 14.3. The van der Waals surface area contributed by atoms with Crippen LogP contribution in [0.15, 0.2) is 30.3 Å². The van der Waals surface area contributed by atoms with Crippen LogP contribution in [0.4, 0.5) is 0 Å². The second-order valence-electron chi connectivity index (χ2n) is 4.23. The van der Waals surface area contributed by atoms with Gasteiger partial charge in [-0.2, -0.15) is 0 Å². The van der Waals surface area contributed by atoms with E-state index in [1.54, 1.807) is 19.1 Å². The van der Waals surface area contributed by atoms with E-state index in [1.807, 2.05) is 25.1 Å². The number of hydrogen-bond donors (Lipinski definition) is 1. The lowest BCUT2D eigenvalue weighted by atomic mass is 10.2. The van der Waals surface area contributed by atoms with Crippen LogP contribution >= 0.6 is 0 Å². The number of aliphatic carboxylic acids is 1. The Balaban J connectivity index is 2.52. The van der Waals surface area contributed by atoms with Gasteiger partial charge < -0.3 is 14.7 Å². The molecule has 0 heterocycles. The third-order valence-corrected chi connectivity index (χ3v) is 2.77. The van der Waals surface area contributed by atoms with Crippen LogP contribution in [0.3, 0.4) is 0 Å². The van der Waals surface area contributed by atoms with Gasteiger partial charge >= 0.3 is 5.97 Å². The van der Waals surface area contributed by atoms with Crippen LogP contribution in [0.2, 0.25) is 0 Å². The summed E-state index contributed by atoms with van der Waals surface area (Å²) in [6, 6.07) is 8.71. The minimum atomic E-state index is -0.914. The third kappa shape index (κ3) is 4.99. The van der Waals surface area contributed by atoms with E-state index < -0.39 is 5.97 Å². The summed E-state index contributed by atoms with van der Waals surface area (Å²) in [6.07, 6.45) is -0.0646. The highest BCUT2D eigenvalue weighted by atomic mass is 16.5. The number of carbonyl (C=O) groups is 2. The molecule has 1 unspecified atom stereocenters. The largest absolute Gasteiger partial charge is 0.484 e. The van der Waals surface area contributed by atoms with E-state index in [0.717, 1.165) is 0 Å². The molecule has 0 spiro atoms. The van der Waals surface area contributed by atoms with Crippen LogP contribution in [0, 0.1) is 0 Å². The Kier molecular flexibility index (Phi) is 5.85. The van der Waals surface area contributed by atoms with E-state index in [9.17, 15) is 9.59 Å². The summed E-state index contributed by atoms with van der Waals surface area (Å²) in [6.45, 7) is 3.92. The Morgan fingerprint density at radius 2 is 1.95 bits per heavy atom. The summed E-state index contributed by atoms with van der Waals surface area (Å²) < 4.78 is 5.37. The Morgan fingerprint density at radius 3 is 2.47 bits per heavy atom. The number of amides is 1. The van der Waals surface area contributed by atoms with E-state index >= 15 is 0 Å². The molecule has 5 heteroatoms. The molecule has 1 amide bonds. The molecule has 0 aromatic heterocycles. The van der Waals surface area contributed by atoms with Crippen molar-refractivity contribution in [3.8, 4) is 5.75 Å². The van der Waals surface area contributed by atoms with Crippen LogP contribution in [0.25, 0.3) is 0 Å². The maximum atomic E-state index is 12.0. The summed E-state index contributed by atoms with van der Waals surface area (Å²) in [7, 11) is 0. The van der Waals surface area contributed by atoms with E-state index in [0.29, 0.717) is 12.3 Å². The molecule has 5 nitrogen and oxygen atoms in total. The van der Waals surface area contributed by atoms with Crippen LogP contribution in [-0.4, -0.2) is 41.1 Å². The van der Waals surface area contributed by atoms with Crippen molar-refractivity contribution < 1.29 is 19.4 Å². The SMILES string of the molecule is CCN(C(=O)COc1ccccc1)C(C)CC(=O)O. The molecule has 1 atom stereocenters. The highest BCUT2D eigenvalue weighted by Gasteiger charge is 2.20. The predicted molar refractivity (Wildman–Crippen MR) is 71.0 cm³/mol. The average Bonchev–Trinajstić information content (AvgIpc) is 2.37. The van der Waals surface area contributed by atoms with Gasteiger partial charge in [-0.05, 0) is 26.0 Å². The third-order valence-electron chi connectivity index (χ3n) is 2.77. The fourth-order valence-electron chi connectivity index (χ4n) is 1.84. The molecule has 0 aliphatic heterocycles. The highest BCUT2D eigenvalue weighted by Crippen LogP contribution is 2.10. The Morgan fingerprint density at radius 1 is 1.32 bits per heavy atom. The molecule has 0 aliphatic carbocycles. The standard InChI is InChI=1S/C14H19NO4/c1-3-15(11(2)9-14(17)18)13(16)10-19-12-7-5-4-6-8-12/h4-8,11H,3,9-10H2,1-2H3,(H,17,18). The van der Waals surface area contributed by atoms with Gasteiger partial charge in [0.05, 0.1) is 6.42 Å². The molecule has 1 aromatic rings. The molecule has 0 bridgehead atoms. The van der Waals surface area contributed by atoms with Crippen LogP contribution in [0.1, 0.15) is 20.3 Å². The van der Waals surface area contributed by atoms with Crippen molar-refractivity contribution in [1.29, 1.82) is 0 Å². The fraction of sp³-hybridized carbons (Fsp3) is 0.429. The first kappa shape index (κ1) is 15.0. The normalized spacial score (nSPS) is 11.7. The quantitative estimate of drug-likeness (QED) is 0.816. The van der Waals surface area contributed by atoms with E-state index in [-0.39, 0.29) is 25.0 Å². The van der Waals surface area contributed by atoms with Gasteiger partial charge in [0.25, 0.3) is 5.91 Å². The summed E-state index contributed by atoms with van der Waals surface area (Å²) in [5.41, 5.74) is 0. The summed E-state index contributed by atoms with van der Waals surface area (Å²) in [5, 5.41) is 8.75. The lowest BCUT2D eigenvalue weighted by Gasteiger charge is -2.26. The summed E-state index contributed by atoms with van der Waals surface area (Å²) in [4.78, 5) is 24.2. The molecule has 1 aromatic carbocycles. The Labute approximate surface area is 112 Å². The average molecular weight is 265 g/mol. The number of carboxylic acids is 1. The first-order chi connectivity index (χ1) is 9.04. The van der Waals surface area contributed by atoms with Crippen molar-refractivity contribution >= 4 is 11.9 Å². The van der Waals surface area contributed by atoms with E-state index in [1.165, 1.54) is 4.90 Å². The maximum absolute atomic E-state index is 12.0. The topological polar surface area (TPSA) is 66.8 Å². The number of carboxylic acid groups (broad SMARTS) is 1. The molecule has 0 saturated carbocycles. The van der Waals surface area contributed by atoms with Gasteiger partial charge in [0.15, 0.2) is 6.61 Å². The molecule has 19 heavy (non-hydrogen) atoms. The van der Waals surface area contributed by atoms with Crippen molar-refractivity contribution in [3.63, 3.8) is 0 Å². The second-order valence-corrected chi connectivity index (χ2v) is 4.23. The minimum absolute atomic E-state index is 0.0646. The molecule has 0 fully saturated rings. The fourth-order valence-corrected chi connectivity index (χ4v) is 1.84. The van der Waals surface area contributed by atoms with Gasteiger partial charge in [-0.1, -0.05) is 18.2 Å². The first-order valence-electron chi connectivity index (χ1n) is 6.23. The van der Waals surface area contributed by atoms with E-state index in [2.05, 4.69) is 0 Å². The Bertz CT molecular complexity index is 419. The number of ether oxygens (including phenoxy) is 1. The van der Waals surface area contributed by atoms with Crippen LogP contribution in [-0.2, 0) is 9.59 Å². The Hall–Kier alpha value is -2.04. The predicted octanol–water partition coefficient (Wildman–Crippen LogP) is 1.78. The molecule has 1 N–H and O–H groups in total. The van der Waals surface area contributed by atoms with Gasteiger partial charge in [0.1, 0.15) is 5.75 Å². The summed E-state index contributed by atoms with van der Waals surface area (Å²) >= 11 is 0. The number of hydrogen-bond acceptors (Lipinski definition) is 3. The molecule has 0 saturated heterocycles. The highest BCUT2D eigenvalue weighted by molar-refractivity contribution is 5.79. The number of benzene rings is 1. The second kappa shape index (κ2) is 7.41. The van der Waals surface area contributed by atoms with Crippen LogP contribution < -0.4 is 4.74 Å². The summed E-state index contributed by atoms with van der Waals surface area (Å²) in [5.74, 6) is -0.499. The van der Waals surface area contributed by atoms with Crippen molar-refractivity contribution in [2.45, 2.75) is 26.3 Å². The number of likely N-dealkylation sites (N-methyl/N-ethyl adjacent to an activating group) is 1. The first-order valence-corrected chi connectivity index (χ1v) is 6.23. The molecule has 1 rings (SSSR count). The molecular formula is C14H19NO4. The van der Waals surface area contributed by atoms with Crippen molar-refractivity contribution in [1.82, 2.24) is 4.90 Å². The lowest BCUT2D eigenvalue weighted by molar-refractivity contribution is -0.141. The number of rotatable bonds is 7. The maximum Gasteiger partial charge on any atom is 0.305 e. The zero-order valence-electron chi connectivity index (χ0n) is 11.2. The van der Waals surface area contributed by atoms with Crippen LogP contribution in [0.5, 0.6) is 5.75 Å². The van der Waals surface area contributed by atoms with E-state index in [4.69, 9.17) is 9.84 Å². The number of para-hydroxylation sites is 1. The van der Waals surface area contributed by atoms with Crippen molar-refractivity contribution in [3.05, 3.63) is 30.3 Å². The monoisotopic (exact) mass is 265 g/mol. The molecule has 104 valence electrons. The van der Waals surface area contributed by atoms with Gasteiger partial charge in [0, 0.05) is 12.6 Å². The molecular weight excluding hydrogens is 246 g/mol. The smallest absolute Gasteiger partial charge is 0.305 e. The lowest BCUT2D eigenvalue weighted by Crippen LogP contribution is -2.42. The van der Waals surface area contributed by atoms with Gasteiger partial charge in [-0.15, -0.1) is 0 Å². The zero-order valence-corrected chi connectivity index (χ0v) is 11.2. The number of nitrogens with zero attached hydrogens (tertiary/aromatic N) is 1. The van der Waals surface area contributed by atoms with Gasteiger partial charge in [-0.25, -0.2) is 0 Å². The molecule has 0 aliphatic rings. The van der Waals surface area contributed by atoms with Gasteiger partial charge in [-0.3, -0.25) is 9.59 Å². The van der Waals surface area contributed by atoms with Gasteiger partial charge in [0.2, 0.25) is 0 Å². The molecule has 0 radical (unpaired) electrons.